The van der Waals surface area contributed by atoms with Crippen molar-refractivity contribution in [2.24, 2.45) is 7.05 Å². The third-order valence-electron chi connectivity index (χ3n) is 3.86. The number of nitrogens with one attached hydrogen (secondary N) is 1. The Balaban J connectivity index is 1.67. The lowest BCUT2D eigenvalue weighted by atomic mass is 10.3. The maximum absolute atomic E-state index is 12.2. The highest BCUT2D eigenvalue weighted by molar-refractivity contribution is 7.99. The number of carbonyl (C=O) groups is 1. The second-order valence-corrected chi connectivity index (χ2v) is 7.06. The zero-order valence-corrected chi connectivity index (χ0v) is 16.4. The van der Waals surface area contributed by atoms with Crippen molar-refractivity contribution in [1.82, 2.24) is 24.3 Å². The highest BCUT2D eigenvalue weighted by atomic mass is 35.5. The number of aryl methyl sites for hydroxylation is 1. The Kier molecular flexibility index (Phi) is 6.31. The van der Waals surface area contributed by atoms with Crippen molar-refractivity contribution in [3.05, 3.63) is 66.0 Å². The first-order valence-corrected chi connectivity index (χ1v) is 9.61. The number of pyridine rings is 1. The molecule has 0 unspecified atom stereocenters. The molecule has 3 aromatic rings. The van der Waals surface area contributed by atoms with E-state index in [1.807, 2.05) is 34.5 Å². The second kappa shape index (κ2) is 8.88. The lowest BCUT2D eigenvalue weighted by Gasteiger charge is -2.09. The van der Waals surface area contributed by atoms with Crippen molar-refractivity contribution in [3.8, 4) is 0 Å². The van der Waals surface area contributed by atoms with E-state index in [1.54, 1.807) is 24.4 Å². The van der Waals surface area contributed by atoms with E-state index >= 15 is 0 Å². The minimum Gasteiger partial charge on any atom is -0.354 e. The Labute approximate surface area is 166 Å². The quantitative estimate of drug-likeness (QED) is 0.355. The molecular formula is C18H19ClN6OS. The molecule has 140 valence electrons. The largest absolute Gasteiger partial charge is 0.354 e. The van der Waals surface area contributed by atoms with E-state index < -0.39 is 0 Å². The molecule has 27 heavy (non-hydrogen) atoms. The topological polar surface area (TPSA) is 77.6 Å². The maximum Gasteiger partial charge on any atom is 0.234 e. The molecule has 0 aliphatic carbocycles. The van der Waals surface area contributed by atoms with E-state index in [2.05, 4.69) is 27.1 Å². The maximum atomic E-state index is 12.2. The van der Waals surface area contributed by atoms with Crippen LogP contribution in [0.2, 0.25) is 5.15 Å². The second-order valence-electron chi connectivity index (χ2n) is 5.76. The fraction of sp³-hybridized carbons (Fsp3) is 0.222. The summed E-state index contributed by atoms with van der Waals surface area (Å²) in [5.41, 5.74) is 1.62. The van der Waals surface area contributed by atoms with Crippen molar-refractivity contribution in [3.63, 3.8) is 0 Å². The average molecular weight is 403 g/mol. The standard InChI is InChI=1S/C18H19ClN6OS/c1-3-9-25-15(11-13-6-5-10-24(13)2)22-23-18(25)27-12-16(26)21-14-7-4-8-20-17(14)19/h3-8,10H,1,9,11-12H2,2H3,(H,21,26). The molecular weight excluding hydrogens is 384 g/mol. The molecule has 1 N–H and O–H groups in total. The van der Waals surface area contributed by atoms with Crippen LogP contribution in [0.15, 0.2) is 54.5 Å². The van der Waals surface area contributed by atoms with Gasteiger partial charge >= 0.3 is 0 Å². The number of rotatable bonds is 8. The number of amides is 1. The van der Waals surface area contributed by atoms with Gasteiger partial charge in [-0.1, -0.05) is 29.4 Å². The predicted octanol–water partition coefficient (Wildman–Crippen LogP) is 3.17. The van der Waals surface area contributed by atoms with E-state index in [0.717, 1.165) is 11.5 Å². The smallest absolute Gasteiger partial charge is 0.234 e. The fourth-order valence-corrected chi connectivity index (χ4v) is 3.44. The molecule has 9 heteroatoms. The summed E-state index contributed by atoms with van der Waals surface area (Å²) in [6.07, 6.45) is 6.01. The number of carbonyl (C=O) groups excluding carboxylic acids is 1. The van der Waals surface area contributed by atoms with Gasteiger partial charge in [0.05, 0.1) is 11.4 Å². The highest BCUT2D eigenvalue weighted by Crippen LogP contribution is 2.21. The molecule has 0 aromatic carbocycles. The molecule has 0 bridgehead atoms. The summed E-state index contributed by atoms with van der Waals surface area (Å²) in [6.45, 7) is 4.38. The van der Waals surface area contributed by atoms with Crippen LogP contribution in [0.1, 0.15) is 11.5 Å². The summed E-state index contributed by atoms with van der Waals surface area (Å²) in [5, 5.41) is 12.2. The normalized spacial score (nSPS) is 10.7. The van der Waals surface area contributed by atoms with Gasteiger partial charge in [-0.2, -0.15) is 0 Å². The molecule has 0 atom stereocenters. The van der Waals surface area contributed by atoms with E-state index in [1.165, 1.54) is 11.8 Å². The zero-order valence-electron chi connectivity index (χ0n) is 14.8. The first kappa shape index (κ1) is 19.2. The Morgan fingerprint density at radius 3 is 2.93 bits per heavy atom. The molecule has 3 heterocycles. The Morgan fingerprint density at radius 1 is 1.37 bits per heavy atom. The molecule has 0 saturated carbocycles. The van der Waals surface area contributed by atoms with Crippen LogP contribution < -0.4 is 5.32 Å². The number of allylic oxidation sites excluding steroid dienone is 1. The van der Waals surface area contributed by atoms with Gasteiger partial charge in [0, 0.05) is 38.1 Å². The first-order chi connectivity index (χ1) is 13.1. The SMILES string of the molecule is C=CCn1c(Cc2cccn2C)nnc1SCC(=O)Nc1cccnc1Cl. The summed E-state index contributed by atoms with van der Waals surface area (Å²) < 4.78 is 4.01. The van der Waals surface area contributed by atoms with Crippen LogP contribution in [0, 0.1) is 0 Å². The van der Waals surface area contributed by atoms with Gasteiger partial charge in [-0.05, 0) is 24.3 Å². The highest BCUT2D eigenvalue weighted by Gasteiger charge is 2.15. The van der Waals surface area contributed by atoms with Crippen molar-refractivity contribution in [2.75, 3.05) is 11.1 Å². The molecule has 0 aliphatic rings. The Bertz CT molecular complexity index is 951. The summed E-state index contributed by atoms with van der Waals surface area (Å²) in [7, 11) is 1.99. The van der Waals surface area contributed by atoms with Crippen LogP contribution in [0.4, 0.5) is 5.69 Å². The molecule has 7 nitrogen and oxygen atoms in total. The molecule has 0 radical (unpaired) electrons. The van der Waals surface area contributed by atoms with Crippen LogP contribution in [-0.2, 0) is 24.8 Å². The lowest BCUT2D eigenvalue weighted by molar-refractivity contribution is -0.113. The van der Waals surface area contributed by atoms with Crippen LogP contribution in [-0.4, -0.2) is 36.0 Å². The monoisotopic (exact) mass is 402 g/mol. The van der Waals surface area contributed by atoms with Gasteiger partial charge in [0.25, 0.3) is 0 Å². The van der Waals surface area contributed by atoms with Gasteiger partial charge in [0.1, 0.15) is 5.82 Å². The van der Waals surface area contributed by atoms with E-state index in [9.17, 15) is 4.79 Å². The fourth-order valence-electron chi connectivity index (χ4n) is 2.51. The Morgan fingerprint density at radius 2 is 2.22 bits per heavy atom. The van der Waals surface area contributed by atoms with Crippen LogP contribution in [0.5, 0.6) is 0 Å². The summed E-state index contributed by atoms with van der Waals surface area (Å²) >= 11 is 7.28. The van der Waals surface area contributed by atoms with Crippen LogP contribution in [0.3, 0.4) is 0 Å². The summed E-state index contributed by atoms with van der Waals surface area (Å²) in [6, 6.07) is 7.46. The lowest BCUT2D eigenvalue weighted by Crippen LogP contribution is -2.15. The number of hydrogen-bond acceptors (Lipinski definition) is 5. The molecule has 0 aliphatic heterocycles. The Hall–Kier alpha value is -2.58. The summed E-state index contributed by atoms with van der Waals surface area (Å²) in [5.74, 6) is 0.826. The van der Waals surface area contributed by atoms with Crippen LogP contribution in [0.25, 0.3) is 0 Å². The van der Waals surface area contributed by atoms with Gasteiger partial charge in [0.15, 0.2) is 10.3 Å². The van der Waals surface area contributed by atoms with Crippen LogP contribution >= 0.6 is 23.4 Å². The van der Waals surface area contributed by atoms with Crippen molar-refractivity contribution in [1.29, 1.82) is 0 Å². The van der Waals surface area contributed by atoms with Gasteiger partial charge in [0.2, 0.25) is 5.91 Å². The average Bonchev–Trinajstić information content (AvgIpc) is 3.23. The van der Waals surface area contributed by atoms with E-state index in [4.69, 9.17) is 11.6 Å². The number of aromatic nitrogens is 5. The molecule has 1 amide bonds. The van der Waals surface area contributed by atoms with Gasteiger partial charge in [-0.25, -0.2) is 4.98 Å². The minimum atomic E-state index is -0.188. The predicted molar refractivity (Wildman–Crippen MR) is 107 cm³/mol. The number of thioether (sulfide) groups is 1. The molecule has 3 rings (SSSR count). The number of nitrogens with zero attached hydrogens (tertiary/aromatic N) is 5. The number of halogens is 1. The molecule has 0 saturated heterocycles. The van der Waals surface area contributed by atoms with Gasteiger partial charge < -0.3 is 14.5 Å². The number of hydrogen-bond donors (Lipinski definition) is 1. The third kappa shape index (κ3) is 4.78. The van der Waals surface area contributed by atoms with Gasteiger partial charge in [-0.15, -0.1) is 16.8 Å². The van der Waals surface area contributed by atoms with Gasteiger partial charge in [-0.3, -0.25) is 4.79 Å². The van der Waals surface area contributed by atoms with Crippen molar-refractivity contribution < 1.29 is 4.79 Å². The summed E-state index contributed by atoms with van der Waals surface area (Å²) in [4.78, 5) is 16.2. The first-order valence-electron chi connectivity index (χ1n) is 8.25. The molecule has 0 fully saturated rings. The van der Waals surface area contributed by atoms with Crippen molar-refractivity contribution in [2.45, 2.75) is 18.1 Å². The molecule has 0 spiro atoms. The van der Waals surface area contributed by atoms with Crippen molar-refractivity contribution >= 4 is 35.0 Å². The minimum absolute atomic E-state index is 0.185. The zero-order chi connectivity index (χ0) is 19.2. The number of anilines is 1. The van der Waals surface area contributed by atoms with E-state index in [0.29, 0.717) is 23.8 Å². The van der Waals surface area contributed by atoms with E-state index in [-0.39, 0.29) is 16.8 Å². The molecule has 3 aromatic heterocycles. The third-order valence-corrected chi connectivity index (χ3v) is 5.13.